The normalized spacial score (nSPS) is 16.3. The van der Waals surface area contributed by atoms with E-state index in [2.05, 4.69) is 15.3 Å². The fraction of sp³-hybridized carbons (Fsp3) is 0.444. The van der Waals surface area contributed by atoms with Crippen LogP contribution < -0.4 is 5.32 Å². The third-order valence-electron chi connectivity index (χ3n) is 2.25. The molecule has 1 saturated carbocycles. The summed E-state index contributed by atoms with van der Waals surface area (Å²) in [5.41, 5.74) is 0.513. The minimum absolute atomic E-state index is 0.513. The summed E-state index contributed by atoms with van der Waals surface area (Å²) >= 11 is 0. The number of carbonyl (C=O) groups is 1. The van der Waals surface area contributed by atoms with E-state index in [1.165, 1.54) is 31.7 Å². The first-order chi connectivity index (χ1) is 6.38. The Bertz CT molecular complexity index is 292. The molecule has 1 N–H and O–H groups in total. The maximum atomic E-state index is 10.3. The fourth-order valence-electron chi connectivity index (χ4n) is 1.21. The summed E-state index contributed by atoms with van der Waals surface area (Å²) in [5, 5.41) is 3.19. The first-order valence-electron chi connectivity index (χ1n) is 4.42. The molecule has 13 heavy (non-hydrogen) atoms. The number of anilines is 1. The Labute approximate surface area is 76.4 Å². The second-order valence-corrected chi connectivity index (χ2v) is 3.23. The van der Waals surface area contributed by atoms with E-state index in [0.29, 0.717) is 17.6 Å². The van der Waals surface area contributed by atoms with Crippen LogP contribution in [-0.2, 0) is 0 Å². The number of nitrogens with one attached hydrogen (secondary N) is 1. The van der Waals surface area contributed by atoms with Crippen LogP contribution in [0.2, 0.25) is 0 Å². The van der Waals surface area contributed by atoms with E-state index in [0.717, 1.165) is 6.29 Å². The van der Waals surface area contributed by atoms with Gasteiger partial charge < -0.3 is 5.32 Å². The van der Waals surface area contributed by atoms with Crippen molar-refractivity contribution in [3.8, 4) is 0 Å². The van der Waals surface area contributed by atoms with Gasteiger partial charge in [0.1, 0.15) is 0 Å². The van der Waals surface area contributed by atoms with Crippen molar-refractivity contribution in [3.05, 3.63) is 18.0 Å². The summed E-state index contributed by atoms with van der Waals surface area (Å²) < 4.78 is 0. The third-order valence-corrected chi connectivity index (χ3v) is 2.25. The highest BCUT2D eigenvalue weighted by Crippen LogP contribution is 2.21. The number of hydrogen-bond donors (Lipinski definition) is 1. The molecule has 1 heterocycles. The van der Waals surface area contributed by atoms with Crippen LogP contribution in [-0.4, -0.2) is 22.3 Å². The zero-order chi connectivity index (χ0) is 9.10. The van der Waals surface area contributed by atoms with Crippen molar-refractivity contribution in [2.24, 2.45) is 0 Å². The molecule has 1 aliphatic carbocycles. The smallest absolute Gasteiger partial charge is 0.222 e. The molecule has 2 rings (SSSR count). The van der Waals surface area contributed by atoms with Crippen LogP contribution in [0.15, 0.2) is 12.4 Å². The second kappa shape index (κ2) is 3.51. The lowest BCUT2D eigenvalue weighted by Gasteiger charge is -2.26. The Kier molecular flexibility index (Phi) is 2.21. The Morgan fingerprint density at radius 3 is 2.54 bits per heavy atom. The molecule has 0 atom stereocenters. The van der Waals surface area contributed by atoms with Crippen molar-refractivity contribution < 1.29 is 4.79 Å². The third kappa shape index (κ3) is 1.83. The first-order valence-corrected chi connectivity index (χ1v) is 4.42. The molecule has 4 heteroatoms. The van der Waals surface area contributed by atoms with Crippen LogP contribution in [0, 0.1) is 0 Å². The van der Waals surface area contributed by atoms with Gasteiger partial charge in [0.2, 0.25) is 5.95 Å². The van der Waals surface area contributed by atoms with Gasteiger partial charge in [0.15, 0.2) is 6.29 Å². The van der Waals surface area contributed by atoms with Crippen molar-refractivity contribution in [2.75, 3.05) is 5.32 Å². The van der Waals surface area contributed by atoms with Gasteiger partial charge in [-0.25, -0.2) is 9.97 Å². The van der Waals surface area contributed by atoms with Crippen molar-refractivity contribution in [3.63, 3.8) is 0 Å². The molecule has 0 aromatic carbocycles. The molecule has 1 aliphatic rings. The van der Waals surface area contributed by atoms with Gasteiger partial charge in [0.05, 0.1) is 5.56 Å². The minimum Gasteiger partial charge on any atom is -0.351 e. The van der Waals surface area contributed by atoms with E-state index >= 15 is 0 Å². The number of nitrogens with zero attached hydrogens (tertiary/aromatic N) is 2. The highest BCUT2D eigenvalue weighted by atomic mass is 16.1. The highest BCUT2D eigenvalue weighted by Gasteiger charge is 2.17. The summed E-state index contributed by atoms with van der Waals surface area (Å²) in [4.78, 5) is 18.3. The molecule has 68 valence electrons. The predicted octanol–water partition coefficient (Wildman–Crippen LogP) is 1.25. The van der Waals surface area contributed by atoms with Gasteiger partial charge in [0, 0.05) is 18.4 Å². The average molecular weight is 177 g/mol. The number of rotatable bonds is 3. The Morgan fingerprint density at radius 1 is 1.38 bits per heavy atom. The number of hydrogen-bond acceptors (Lipinski definition) is 4. The monoisotopic (exact) mass is 177 g/mol. The van der Waals surface area contributed by atoms with Gasteiger partial charge in [0.25, 0.3) is 0 Å². The van der Waals surface area contributed by atoms with E-state index in [1.807, 2.05) is 0 Å². The quantitative estimate of drug-likeness (QED) is 0.706. The zero-order valence-electron chi connectivity index (χ0n) is 7.23. The molecule has 0 bridgehead atoms. The highest BCUT2D eigenvalue weighted by molar-refractivity contribution is 5.73. The molecule has 4 nitrogen and oxygen atoms in total. The van der Waals surface area contributed by atoms with E-state index in [-0.39, 0.29) is 0 Å². The summed E-state index contributed by atoms with van der Waals surface area (Å²) in [7, 11) is 0. The summed E-state index contributed by atoms with van der Waals surface area (Å²) in [6, 6.07) is 0.530. The van der Waals surface area contributed by atoms with Gasteiger partial charge in [-0.1, -0.05) is 0 Å². The van der Waals surface area contributed by atoms with Gasteiger partial charge >= 0.3 is 0 Å². The van der Waals surface area contributed by atoms with Crippen molar-refractivity contribution >= 4 is 12.2 Å². The summed E-state index contributed by atoms with van der Waals surface area (Å²) in [6.45, 7) is 0. The van der Waals surface area contributed by atoms with E-state index in [1.54, 1.807) is 0 Å². The molecule has 1 aromatic rings. The molecular weight excluding hydrogens is 166 g/mol. The van der Waals surface area contributed by atoms with Crippen molar-refractivity contribution in [2.45, 2.75) is 25.3 Å². The number of aldehydes is 1. The lowest BCUT2D eigenvalue weighted by atomic mass is 9.93. The largest absolute Gasteiger partial charge is 0.351 e. The van der Waals surface area contributed by atoms with E-state index in [4.69, 9.17) is 0 Å². The van der Waals surface area contributed by atoms with Crippen molar-refractivity contribution in [1.29, 1.82) is 0 Å². The average Bonchev–Trinajstić information content (AvgIpc) is 2.12. The second-order valence-electron chi connectivity index (χ2n) is 3.23. The van der Waals surface area contributed by atoms with Gasteiger partial charge in [-0.3, -0.25) is 4.79 Å². The number of carbonyl (C=O) groups excluding carboxylic acids is 1. The van der Waals surface area contributed by atoms with Crippen LogP contribution in [0.4, 0.5) is 5.95 Å². The van der Waals surface area contributed by atoms with Crippen LogP contribution in [0.25, 0.3) is 0 Å². The predicted molar refractivity (Wildman–Crippen MR) is 48.7 cm³/mol. The number of aromatic nitrogens is 2. The molecule has 1 aromatic heterocycles. The van der Waals surface area contributed by atoms with Crippen LogP contribution in [0.5, 0.6) is 0 Å². The Hall–Kier alpha value is -1.45. The maximum absolute atomic E-state index is 10.3. The summed E-state index contributed by atoms with van der Waals surface area (Å²) in [6.07, 6.45) is 7.47. The maximum Gasteiger partial charge on any atom is 0.222 e. The Balaban J connectivity index is 2.00. The first kappa shape index (κ1) is 8.16. The minimum atomic E-state index is 0.513. The molecule has 0 amide bonds. The molecule has 0 radical (unpaired) electrons. The van der Waals surface area contributed by atoms with Crippen molar-refractivity contribution in [1.82, 2.24) is 9.97 Å². The standard InChI is InChI=1S/C9H11N3O/c13-6-7-4-10-9(11-5-7)12-8-2-1-3-8/h4-6,8H,1-3H2,(H,10,11,12). The lowest BCUT2D eigenvalue weighted by molar-refractivity contribution is 0.112. The lowest BCUT2D eigenvalue weighted by Crippen LogP contribution is -2.27. The molecule has 0 aliphatic heterocycles. The molecular formula is C9H11N3O. The molecule has 0 unspecified atom stereocenters. The van der Waals surface area contributed by atoms with Crippen LogP contribution >= 0.6 is 0 Å². The summed E-state index contributed by atoms with van der Waals surface area (Å²) in [5.74, 6) is 0.621. The van der Waals surface area contributed by atoms with Crippen LogP contribution in [0.1, 0.15) is 29.6 Å². The van der Waals surface area contributed by atoms with Gasteiger partial charge in [-0.2, -0.15) is 0 Å². The molecule has 0 spiro atoms. The van der Waals surface area contributed by atoms with E-state index < -0.39 is 0 Å². The fourth-order valence-corrected chi connectivity index (χ4v) is 1.21. The topological polar surface area (TPSA) is 54.9 Å². The van der Waals surface area contributed by atoms with Gasteiger partial charge in [-0.05, 0) is 19.3 Å². The molecule has 0 saturated heterocycles. The molecule has 1 fully saturated rings. The van der Waals surface area contributed by atoms with Crippen LogP contribution in [0.3, 0.4) is 0 Å². The van der Waals surface area contributed by atoms with E-state index in [9.17, 15) is 4.79 Å². The zero-order valence-corrected chi connectivity index (χ0v) is 7.23. The Morgan fingerprint density at radius 2 is 2.08 bits per heavy atom. The SMILES string of the molecule is O=Cc1cnc(NC2CCC2)nc1. The van der Waals surface area contributed by atoms with Gasteiger partial charge in [-0.15, -0.1) is 0 Å².